The Labute approximate surface area is 95.5 Å². The van der Waals surface area contributed by atoms with Crippen molar-refractivity contribution in [1.29, 1.82) is 0 Å². The maximum Gasteiger partial charge on any atom is 0.222 e. The van der Waals surface area contributed by atoms with E-state index in [2.05, 4.69) is 4.98 Å². The first kappa shape index (κ1) is 11.1. The van der Waals surface area contributed by atoms with E-state index in [-0.39, 0.29) is 11.9 Å². The summed E-state index contributed by atoms with van der Waals surface area (Å²) >= 11 is 0. The van der Waals surface area contributed by atoms with Crippen molar-refractivity contribution in [3.63, 3.8) is 0 Å². The molecule has 1 unspecified atom stereocenters. The fourth-order valence-electron chi connectivity index (χ4n) is 1.91. The largest absolute Gasteiger partial charge is 0.337 e. The predicted molar refractivity (Wildman–Crippen MR) is 61.5 cm³/mol. The standard InChI is InChI=1S/C12H17N3O/c13-10-4-5-12(16)15(8-6-10)9-11-3-1-2-7-14-11/h1-3,7,10H,4-6,8-9,13H2. The Kier molecular flexibility index (Phi) is 3.51. The molecular weight excluding hydrogens is 202 g/mol. The topological polar surface area (TPSA) is 59.2 Å². The van der Waals surface area contributed by atoms with Crippen molar-refractivity contribution in [3.05, 3.63) is 30.1 Å². The fraction of sp³-hybridized carbons (Fsp3) is 0.500. The van der Waals surface area contributed by atoms with Gasteiger partial charge in [0.1, 0.15) is 0 Å². The first-order chi connectivity index (χ1) is 7.75. The number of aromatic nitrogens is 1. The molecule has 0 bridgehead atoms. The normalized spacial score (nSPS) is 21.9. The van der Waals surface area contributed by atoms with E-state index in [1.807, 2.05) is 23.1 Å². The van der Waals surface area contributed by atoms with Gasteiger partial charge < -0.3 is 10.6 Å². The summed E-state index contributed by atoms with van der Waals surface area (Å²) in [5.74, 6) is 0.193. The van der Waals surface area contributed by atoms with Crippen molar-refractivity contribution in [1.82, 2.24) is 9.88 Å². The fourth-order valence-corrected chi connectivity index (χ4v) is 1.91. The highest BCUT2D eigenvalue weighted by atomic mass is 16.2. The number of nitrogens with zero attached hydrogens (tertiary/aromatic N) is 2. The average Bonchev–Trinajstić information content (AvgIpc) is 2.46. The zero-order chi connectivity index (χ0) is 11.4. The van der Waals surface area contributed by atoms with Gasteiger partial charge in [-0.3, -0.25) is 9.78 Å². The molecule has 2 N–H and O–H groups in total. The van der Waals surface area contributed by atoms with E-state index in [9.17, 15) is 4.79 Å². The summed E-state index contributed by atoms with van der Waals surface area (Å²) in [7, 11) is 0. The van der Waals surface area contributed by atoms with Gasteiger partial charge in [0.15, 0.2) is 0 Å². The van der Waals surface area contributed by atoms with Gasteiger partial charge in [0.05, 0.1) is 12.2 Å². The van der Waals surface area contributed by atoms with Gasteiger partial charge in [0.25, 0.3) is 0 Å². The van der Waals surface area contributed by atoms with Gasteiger partial charge in [0, 0.05) is 25.2 Å². The lowest BCUT2D eigenvalue weighted by Crippen LogP contribution is -2.30. The molecule has 0 saturated carbocycles. The van der Waals surface area contributed by atoms with E-state index in [1.54, 1.807) is 6.20 Å². The summed E-state index contributed by atoms with van der Waals surface area (Å²) in [4.78, 5) is 17.9. The SMILES string of the molecule is NC1CCC(=O)N(Cc2ccccn2)CC1. The third-order valence-corrected chi connectivity index (χ3v) is 2.93. The predicted octanol–water partition coefficient (Wildman–Crippen LogP) is 0.921. The Morgan fingerprint density at radius 3 is 3.06 bits per heavy atom. The smallest absolute Gasteiger partial charge is 0.222 e. The minimum absolute atomic E-state index is 0.165. The first-order valence-corrected chi connectivity index (χ1v) is 5.69. The Bertz CT molecular complexity index is 353. The van der Waals surface area contributed by atoms with Crippen LogP contribution in [-0.2, 0) is 11.3 Å². The lowest BCUT2D eigenvalue weighted by atomic mass is 10.1. The molecule has 1 aromatic heterocycles. The number of amides is 1. The number of carbonyl (C=O) groups excluding carboxylic acids is 1. The number of carbonyl (C=O) groups is 1. The minimum atomic E-state index is 0.165. The summed E-state index contributed by atoms with van der Waals surface area (Å²) in [6.45, 7) is 1.35. The van der Waals surface area contributed by atoms with Crippen LogP contribution in [0.4, 0.5) is 0 Å². The van der Waals surface area contributed by atoms with Gasteiger partial charge in [0.2, 0.25) is 5.91 Å². The molecule has 1 aliphatic heterocycles. The van der Waals surface area contributed by atoms with E-state index in [0.717, 1.165) is 25.1 Å². The lowest BCUT2D eigenvalue weighted by Gasteiger charge is -2.19. The second kappa shape index (κ2) is 5.07. The van der Waals surface area contributed by atoms with Crippen molar-refractivity contribution >= 4 is 5.91 Å². The van der Waals surface area contributed by atoms with Gasteiger partial charge in [-0.05, 0) is 25.0 Å². The zero-order valence-electron chi connectivity index (χ0n) is 9.30. The number of hydrogen-bond donors (Lipinski definition) is 1. The van der Waals surface area contributed by atoms with Gasteiger partial charge in [-0.25, -0.2) is 0 Å². The van der Waals surface area contributed by atoms with Crippen molar-refractivity contribution in [2.75, 3.05) is 6.54 Å². The van der Waals surface area contributed by atoms with E-state index in [1.165, 1.54) is 0 Å². The highest BCUT2D eigenvalue weighted by Gasteiger charge is 2.20. The average molecular weight is 219 g/mol. The monoisotopic (exact) mass is 219 g/mol. The summed E-state index contributed by atoms with van der Waals surface area (Å²) < 4.78 is 0. The third-order valence-electron chi connectivity index (χ3n) is 2.93. The van der Waals surface area contributed by atoms with Gasteiger partial charge in [-0.2, -0.15) is 0 Å². The quantitative estimate of drug-likeness (QED) is 0.804. The Morgan fingerprint density at radius 1 is 1.44 bits per heavy atom. The molecule has 16 heavy (non-hydrogen) atoms. The van der Waals surface area contributed by atoms with Gasteiger partial charge in [-0.15, -0.1) is 0 Å². The van der Waals surface area contributed by atoms with Crippen LogP contribution in [0.1, 0.15) is 25.0 Å². The van der Waals surface area contributed by atoms with Crippen molar-refractivity contribution in [3.8, 4) is 0 Å². The van der Waals surface area contributed by atoms with Crippen molar-refractivity contribution in [2.24, 2.45) is 5.73 Å². The molecule has 4 nitrogen and oxygen atoms in total. The molecule has 86 valence electrons. The van der Waals surface area contributed by atoms with Crippen molar-refractivity contribution < 1.29 is 4.79 Å². The maximum absolute atomic E-state index is 11.8. The molecule has 1 aliphatic rings. The van der Waals surface area contributed by atoms with E-state index >= 15 is 0 Å². The summed E-state index contributed by atoms with van der Waals surface area (Å²) in [5, 5.41) is 0. The molecule has 0 spiro atoms. The highest BCUT2D eigenvalue weighted by Crippen LogP contribution is 2.12. The Hall–Kier alpha value is -1.42. The van der Waals surface area contributed by atoms with E-state index in [4.69, 9.17) is 5.73 Å². The number of nitrogens with two attached hydrogens (primary N) is 1. The molecule has 2 rings (SSSR count). The molecule has 2 heterocycles. The number of hydrogen-bond acceptors (Lipinski definition) is 3. The molecule has 1 amide bonds. The molecule has 0 aliphatic carbocycles. The zero-order valence-corrected chi connectivity index (χ0v) is 9.30. The van der Waals surface area contributed by atoms with Crippen LogP contribution >= 0.6 is 0 Å². The molecule has 4 heteroatoms. The van der Waals surface area contributed by atoms with Crippen LogP contribution in [0.5, 0.6) is 0 Å². The van der Waals surface area contributed by atoms with E-state index < -0.39 is 0 Å². The summed E-state index contributed by atoms with van der Waals surface area (Å²) in [6, 6.07) is 5.93. The van der Waals surface area contributed by atoms with Crippen LogP contribution in [0.15, 0.2) is 24.4 Å². The molecular formula is C12H17N3O. The molecule has 0 aromatic carbocycles. The van der Waals surface area contributed by atoms with Crippen LogP contribution in [0.3, 0.4) is 0 Å². The Balaban J connectivity index is 2.00. The van der Waals surface area contributed by atoms with Crippen LogP contribution < -0.4 is 5.73 Å². The molecule has 1 aromatic rings. The summed E-state index contributed by atoms with van der Waals surface area (Å²) in [5.41, 5.74) is 6.79. The summed E-state index contributed by atoms with van der Waals surface area (Å²) in [6.07, 6.45) is 4.01. The Morgan fingerprint density at radius 2 is 2.31 bits per heavy atom. The van der Waals surface area contributed by atoms with E-state index in [0.29, 0.717) is 13.0 Å². The van der Waals surface area contributed by atoms with Crippen molar-refractivity contribution in [2.45, 2.75) is 31.8 Å². The first-order valence-electron chi connectivity index (χ1n) is 5.69. The van der Waals surface area contributed by atoms with Crippen LogP contribution in [0.25, 0.3) is 0 Å². The maximum atomic E-state index is 11.8. The number of likely N-dealkylation sites (tertiary alicyclic amines) is 1. The van der Waals surface area contributed by atoms with Crippen LogP contribution in [-0.4, -0.2) is 28.4 Å². The number of pyridine rings is 1. The molecule has 0 radical (unpaired) electrons. The van der Waals surface area contributed by atoms with Crippen LogP contribution in [0.2, 0.25) is 0 Å². The third kappa shape index (κ3) is 2.79. The lowest BCUT2D eigenvalue weighted by molar-refractivity contribution is -0.131. The molecule has 1 fully saturated rings. The van der Waals surface area contributed by atoms with Gasteiger partial charge >= 0.3 is 0 Å². The van der Waals surface area contributed by atoms with Crippen LogP contribution in [0, 0.1) is 0 Å². The minimum Gasteiger partial charge on any atom is -0.337 e. The second-order valence-corrected chi connectivity index (χ2v) is 4.22. The highest BCUT2D eigenvalue weighted by molar-refractivity contribution is 5.76. The van der Waals surface area contributed by atoms with Gasteiger partial charge in [-0.1, -0.05) is 6.07 Å². The number of rotatable bonds is 2. The molecule has 1 atom stereocenters. The molecule has 1 saturated heterocycles. The second-order valence-electron chi connectivity index (χ2n) is 4.22.